The Bertz CT molecular complexity index is 639. The van der Waals surface area contributed by atoms with Crippen LogP contribution in [-0.4, -0.2) is 45.5 Å². The molecule has 1 aliphatic heterocycles. The van der Waals surface area contributed by atoms with Gasteiger partial charge in [0.25, 0.3) is 0 Å². The molecule has 0 bridgehead atoms. The Morgan fingerprint density at radius 2 is 2.22 bits per heavy atom. The van der Waals surface area contributed by atoms with Crippen LogP contribution in [0.1, 0.15) is 24.9 Å². The summed E-state index contributed by atoms with van der Waals surface area (Å²) < 4.78 is 1.80. The van der Waals surface area contributed by atoms with Crippen molar-refractivity contribution < 1.29 is 9.90 Å². The Morgan fingerprint density at radius 1 is 1.43 bits per heavy atom. The molecule has 1 saturated heterocycles. The molecule has 0 spiro atoms. The zero-order chi connectivity index (χ0) is 16.2. The third-order valence-corrected chi connectivity index (χ3v) is 4.33. The number of aliphatic hydroxyl groups is 1. The first-order valence-electron chi connectivity index (χ1n) is 7.93. The summed E-state index contributed by atoms with van der Waals surface area (Å²) in [6, 6.07) is 9.73. The molecular weight excluding hydrogens is 292 g/mol. The maximum atomic E-state index is 12.3. The summed E-state index contributed by atoms with van der Waals surface area (Å²) in [5.74, 6) is 0.212. The summed E-state index contributed by atoms with van der Waals surface area (Å²) in [5, 5.41) is 16.4. The Labute approximate surface area is 135 Å². The summed E-state index contributed by atoms with van der Waals surface area (Å²) in [7, 11) is 0. The normalized spacial score (nSPS) is 18.9. The summed E-state index contributed by atoms with van der Waals surface area (Å²) in [6.07, 6.45) is 4.51. The molecule has 0 saturated carbocycles. The van der Waals surface area contributed by atoms with E-state index in [1.54, 1.807) is 15.8 Å². The van der Waals surface area contributed by atoms with Crippen molar-refractivity contribution in [3.8, 4) is 5.69 Å². The van der Waals surface area contributed by atoms with Crippen molar-refractivity contribution in [3.05, 3.63) is 48.3 Å². The number of amides is 2. The number of hydrogen-bond acceptors (Lipinski definition) is 3. The van der Waals surface area contributed by atoms with E-state index in [1.165, 1.54) is 0 Å². The van der Waals surface area contributed by atoms with Gasteiger partial charge in [0.1, 0.15) is 0 Å². The quantitative estimate of drug-likeness (QED) is 0.906. The first-order chi connectivity index (χ1) is 11.2. The minimum Gasteiger partial charge on any atom is -0.396 e. The van der Waals surface area contributed by atoms with Crippen molar-refractivity contribution >= 4 is 6.03 Å². The second-order valence-corrected chi connectivity index (χ2v) is 6.00. The van der Waals surface area contributed by atoms with Crippen LogP contribution >= 0.6 is 0 Å². The summed E-state index contributed by atoms with van der Waals surface area (Å²) in [5.41, 5.74) is 2.04. The Hall–Kier alpha value is -2.34. The van der Waals surface area contributed by atoms with Crippen LogP contribution in [0.5, 0.6) is 0 Å². The summed E-state index contributed by atoms with van der Waals surface area (Å²) in [4.78, 5) is 14.0. The zero-order valence-electron chi connectivity index (χ0n) is 13.2. The van der Waals surface area contributed by atoms with E-state index in [0.29, 0.717) is 13.1 Å². The molecule has 23 heavy (non-hydrogen) atoms. The van der Waals surface area contributed by atoms with Gasteiger partial charge in [-0.25, -0.2) is 9.48 Å². The number of benzene rings is 1. The van der Waals surface area contributed by atoms with Crippen molar-refractivity contribution in [2.24, 2.45) is 5.92 Å². The van der Waals surface area contributed by atoms with Crippen LogP contribution in [0, 0.1) is 5.92 Å². The number of urea groups is 1. The Morgan fingerprint density at radius 3 is 2.83 bits per heavy atom. The van der Waals surface area contributed by atoms with E-state index in [-0.39, 0.29) is 24.6 Å². The van der Waals surface area contributed by atoms with Crippen LogP contribution in [0.4, 0.5) is 4.79 Å². The van der Waals surface area contributed by atoms with Crippen molar-refractivity contribution in [2.45, 2.75) is 19.4 Å². The maximum Gasteiger partial charge on any atom is 0.317 e. The number of rotatable bonds is 4. The second-order valence-electron chi connectivity index (χ2n) is 6.00. The molecule has 2 aromatic rings. The van der Waals surface area contributed by atoms with E-state index < -0.39 is 0 Å². The number of aliphatic hydroxyl groups excluding tert-OH is 1. The van der Waals surface area contributed by atoms with Crippen molar-refractivity contribution in [1.82, 2.24) is 20.0 Å². The van der Waals surface area contributed by atoms with Gasteiger partial charge in [-0.2, -0.15) is 5.10 Å². The molecule has 6 heteroatoms. The minimum atomic E-state index is -0.0673. The number of nitrogens with zero attached hydrogens (tertiary/aromatic N) is 3. The first kappa shape index (κ1) is 15.6. The third-order valence-electron chi connectivity index (χ3n) is 4.33. The zero-order valence-corrected chi connectivity index (χ0v) is 13.2. The van der Waals surface area contributed by atoms with Gasteiger partial charge in [0.2, 0.25) is 0 Å². The topological polar surface area (TPSA) is 70.4 Å². The van der Waals surface area contributed by atoms with Crippen LogP contribution in [-0.2, 0) is 0 Å². The molecule has 2 heterocycles. The molecule has 1 aliphatic rings. The number of hydrogen-bond donors (Lipinski definition) is 2. The minimum absolute atomic E-state index is 0.0652. The SMILES string of the molecule is CC(NC(=O)N1CCC(CO)C1)c1ccc(-n2cccn2)cc1. The van der Waals surface area contributed by atoms with Crippen molar-refractivity contribution in [1.29, 1.82) is 0 Å². The van der Waals surface area contributed by atoms with Gasteiger partial charge in [-0.1, -0.05) is 12.1 Å². The Kier molecular flexibility index (Phi) is 4.62. The van der Waals surface area contributed by atoms with Gasteiger partial charge in [-0.05, 0) is 37.1 Å². The van der Waals surface area contributed by atoms with Gasteiger partial charge in [0.05, 0.1) is 11.7 Å². The van der Waals surface area contributed by atoms with Gasteiger partial charge in [0.15, 0.2) is 0 Å². The lowest BCUT2D eigenvalue weighted by Crippen LogP contribution is -2.39. The fourth-order valence-corrected chi connectivity index (χ4v) is 2.86. The smallest absolute Gasteiger partial charge is 0.317 e. The predicted molar refractivity (Wildman–Crippen MR) is 87.3 cm³/mol. The van der Waals surface area contributed by atoms with E-state index in [9.17, 15) is 4.79 Å². The molecule has 122 valence electrons. The number of carbonyl (C=O) groups is 1. The largest absolute Gasteiger partial charge is 0.396 e. The monoisotopic (exact) mass is 314 g/mol. The van der Waals surface area contributed by atoms with Gasteiger partial charge in [-0.15, -0.1) is 0 Å². The molecule has 2 unspecified atom stereocenters. The second kappa shape index (κ2) is 6.83. The van der Waals surface area contributed by atoms with Gasteiger partial charge in [0, 0.05) is 38.0 Å². The van der Waals surface area contributed by atoms with Crippen LogP contribution in [0.3, 0.4) is 0 Å². The number of nitrogens with one attached hydrogen (secondary N) is 1. The lowest BCUT2D eigenvalue weighted by atomic mass is 10.1. The van der Waals surface area contributed by atoms with Crippen LogP contribution in [0.2, 0.25) is 0 Å². The predicted octanol–water partition coefficient (Wildman–Crippen LogP) is 1.96. The van der Waals surface area contributed by atoms with Crippen molar-refractivity contribution in [2.75, 3.05) is 19.7 Å². The molecule has 6 nitrogen and oxygen atoms in total. The molecule has 0 radical (unpaired) electrons. The van der Waals surface area contributed by atoms with Crippen LogP contribution < -0.4 is 5.32 Å². The van der Waals surface area contributed by atoms with Gasteiger partial charge < -0.3 is 15.3 Å². The average molecular weight is 314 g/mol. The lowest BCUT2D eigenvalue weighted by Gasteiger charge is -2.21. The Balaban J connectivity index is 1.60. The maximum absolute atomic E-state index is 12.3. The first-order valence-corrected chi connectivity index (χ1v) is 7.93. The molecule has 2 N–H and O–H groups in total. The summed E-state index contributed by atoms with van der Waals surface area (Å²) >= 11 is 0. The van der Waals surface area contributed by atoms with Gasteiger partial charge in [-0.3, -0.25) is 0 Å². The van der Waals surface area contributed by atoms with Crippen LogP contribution in [0.25, 0.3) is 5.69 Å². The van der Waals surface area contributed by atoms with E-state index in [0.717, 1.165) is 17.7 Å². The van der Waals surface area contributed by atoms with Crippen molar-refractivity contribution in [3.63, 3.8) is 0 Å². The molecule has 3 rings (SSSR count). The standard InChI is InChI=1S/C17H22N4O2/c1-13(19-17(23)20-10-7-14(11-20)12-22)15-3-5-16(6-4-15)21-9-2-8-18-21/h2-6,8-9,13-14,22H,7,10-12H2,1H3,(H,19,23). The van der Waals surface area contributed by atoms with E-state index in [4.69, 9.17) is 5.11 Å². The highest BCUT2D eigenvalue weighted by Crippen LogP contribution is 2.18. The molecule has 0 aliphatic carbocycles. The summed E-state index contributed by atoms with van der Waals surface area (Å²) in [6.45, 7) is 3.46. The molecular formula is C17H22N4O2. The molecule has 1 aromatic heterocycles. The van der Waals surface area contributed by atoms with Gasteiger partial charge >= 0.3 is 6.03 Å². The molecule has 2 atom stereocenters. The van der Waals surface area contributed by atoms with E-state index in [2.05, 4.69) is 10.4 Å². The fourth-order valence-electron chi connectivity index (χ4n) is 2.86. The van der Waals surface area contributed by atoms with Crippen LogP contribution in [0.15, 0.2) is 42.7 Å². The highest BCUT2D eigenvalue weighted by Gasteiger charge is 2.26. The number of likely N-dealkylation sites (tertiary alicyclic amines) is 1. The van der Waals surface area contributed by atoms with E-state index >= 15 is 0 Å². The van der Waals surface area contributed by atoms with E-state index in [1.807, 2.05) is 43.5 Å². The molecule has 2 amide bonds. The third kappa shape index (κ3) is 3.53. The molecule has 1 fully saturated rings. The average Bonchev–Trinajstić information content (AvgIpc) is 3.26. The number of carbonyl (C=O) groups excluding carboxylic acids is 1. The fraction of sp³-hybridized carbons (Fsp3) is 0.412. The lowest BCUT2D eigenvalue weighted by molar-refractivity contribution is 0.195. The highest BCUT2D eigenvalue weighted by atomic mass is 16.3. The highest BCUT2D eigenvalue weighted by molar-refractivity contribution is 5.75. The molecule has 1 aromatic carbocycles. The number of aromatic nitrogens is 2.